The summed E-state index contributed by atoms with van der Waals surface area (Å²) in [6.07, 6.45) is 2.55. The Hall–Kier alpha value is -2.81. The molecule has 0 unspecified atom stereocenters. The minimum Gasteiger partial charge on any atom is -0.328 e. The third-order valence-corrected chi connectivity index (χ3v) is 3.86. The maximum Gasteiger partial charge on any atom is 0.254 e. The lowest BCUT2D eigenvalue weighted by Gasteiger charge is -2.15. The van der Waals surface area contributed by atoms with E-state index in [1.165, 1.54) is 6.07 Å². The summed E-state index contributed by atoms with van der Waals surface area (Å²) in [5, 5.41) is 8.92. The number of hydrogen-bond acceptors (Lipinski definition) is 4. The molecule has 0 spiro atoms. The highest BCUT2D eigenvalue weighted by Gasteiger charge is 2.26. The first kappa shape index (κ1) is 16.1. The Morgan fingerprint density at radius 3 is 2.88 bits per heavy atom. The third kappa shape index (κ3) is 3.25. The monoisotopic (exact) mass is 324 g/mol. The Balaban J connectivity index is 1.81. The Kier molecular flexibility index (Phi) is 4.26. The fourth-order valence-electron chi connectivity index (χ4n) is 2.76. The fraction of sp³-hybridized carbons (Fsp3) is 0.333. The molecular formula is C18H17FN4O. The number of nitrogens with zero attached hydrogens (tertiary/aromatic N) is 4. The second-order valence-corrected chi connectivity index (χ2v) is 6.36. The van der Waals surface area contributed by atoms with Crippen LogP contribution in [-0.4, -0.2) is 20.8 Å². The molecule has 1 aromatic heterocycles. The van der Waals surface area contributed by atoms with Gasteiger partial charge < -0.3 is 4.90 Å². The van der Waals surface area contributed by atoms with Gasteiger partial charge in [-0.2, -0.15) is 5.26 Å². The number of nitriles is 1. The van der Waals surface area contributed by atoms with Crippen LogP contribution in [0.3, 0.4) is 0 Å². The molecule has 1 aromatic carbocycles. The van der Waals surface area contributed by atoms with Gasteiger partial charge in [-0.15, -0.1) is 0 Å². The lowest BCUT2D eigenvalue weighted by atomic mass is 10.1. The highest BCUT2D eigenvalue weighted by Crippen LogP contribution is 2.23. The maximum absolute atomic E-state index is 13.6. The van der Waals surface area contributed by atoms with E-state index in [4.69, 9.17) is 5.26 Å². The van der Waals surface area contributed by atoms with Crippen molar-refractivity contribution < 1.29 is 9.18 Å². The summed E-state index contributed by atoms with van der Waals surface area (Å²) in [7, 11) is 0. The predicted molar refractivity (Wildman–Crippen MR) is 85.3 cm³/mol. The van der Waals surface area contributed by atoms with Crippen LogP contribution >= 0.6 is 0 Å². The number of amides is 1. The average Bonchev–Trinajstić information content (AvgIpc) is 2.96. The Morgan fingerprint density at radius 1 is 1.38 bits per heavy atom. The van der Waals surface area contributed by atoms with E-state index >= 15 is 0 Å². The highest BCUT2D eigenvalue weighted by atomic mass is 19.1. The summed E-state index contributed by atoms with van der Waals surface area (Å²) < 4.78 is 13.6. The first-order valence-corrected chi connectivity index (χ1v) is 7.80. The molecule has 24 heavy (non-hydrogen) atoms. The summed E-state index contributed by atoms with van der Waals surface area (Å²) in [4.78, 5) is 23.1. The zero-order chi connectivity index (χ0) is 17.3. The molecule has 122 valence electrons. The molecule has 0 bridgehead atoms. The number of carbonyl (C=O) groups excluding carboxylic acids is 1. The van der Waals surface area contributed by atoms with Crippen LogP contribution in [0.4, 0.5) is 4.39 Å². The zero-order valence-electron chi connectivity index (χ0n) is 13.6. The van der Waals surface area contributed by atoms with Crippen LogP contribution < -0.4 is 0 Å². The van der Waals surface area contributed by atoms with Crippen LogP contribution in [0.5, 0.6) is 0 Å². The van der Waals surface area contributed by atoms with E-state index < -0.39 is 5.82 Å². The number of fused-ring (bicyclic) bond motifs is 1. The number of carbonyl (C=O) groups is 1. The lowest BCUT2D eigenvalue weighted by molar-refractivity contribution is 0.0750. The van der Waals surface area contributed by atoms with Crippen molar-refractivity contribution in [1.82, 2.24) is 14.9 Å². The third-order valence-electron chi connectivity index (χ3n) is 3.86. The number of halogens is 1. The molecule has 0 radical (unpaired) electrons. The Bertz CT molecular complexity index is 841. The van der Waals surface area contributed by atoms with Crippen molar-refractivity contribution >= 4 is 5.91 Å². The standard InChI is InChI=1S/C18H17FN4O/c1-11(2)3-17-21-8-14-9-23(10-16(14)22-17)18(24)13-4-12(7-20)5-15(19)6-13/h4-6,8,11H,3,9-10H2,1-2H3. The van der Waals surface area contributed by atoms with Crippen molar-refractivity contribution in [2.75, 3.05) is 0 Å². The number of benzene rings is 1. The summed E-state index contributed by atoms with van der Waals surface area (Å²) in [6, 6.07) is 5.54. The minimum atomic E-state index is -0.590. The van der Waals surface area contributed by atoms with Crippen molar-refractivity contribution in [3.05, 3.63) is 58.4 Å². The molecule has 1 aliphatic heterocycles. The second-order valence-electron chi connectivity index (χ2n) is 6.36. The summed E-state index contributed by atoms with van der Waals surface area (Å²) in [5.41, 5.74) is 2.06. The smallest absolute Gasteiger partial charge is 0.254 e. The summed E-state index contributed by atoms with van der Waals surface area (Å²) in [5.74, 6) is 0.331. The van der Waals surface area contributed by atoms with Crippen LogP contribution in [-0.2, 0) is 19.5 Å². The molecule has 2 heterocycles. The van der Waals surface area contributed by atoms with Gasteiger partial charge >= 0.3 is 0 Å². The van der Waals surface area contributed by atoms with E-state index in [2.05, 4.69) is 23.8 Å². The van der Waals surface area contributed by atoms with Gasteiger partial charge in [0.2, 0.25) is 0 Å². The number of rotatable bonds is 3. The van der Waals surface area contributed by atoms with E-state index in [-0.39, 0.29) is 17.0 Å². The van der Waals surface area contributed by atoms with E-state index in [1.807, 2.05) is 6.07 Å². The van der Waals surface area contributed by atoms with Crippen LogP contribution in [0.1, 0.15) is 46.9 Å². The maximum atomic E-state index is 13.6. The number of aromatic nitrogens is 2. The first-order chi connectivity index (χ1) is 11.5. The summed E-state index contributed by atoms with van der Waals surface area (Å²) >= 11 is 0. The van der Waals surface area contributed by atoms with Gasteiger partial charge in [-0.1, -0.05) is 13.8 Å². The number of hydrogen-bond donors (Lipinski definition) is 0. The summed E-state index contributed by atoms with van der Waals surface area (Å²) in [6.45, 7) is 4.97. The van der Waals surface area contributed by atoms with Crippen LogP contribution in [0.15, 0.2) is 24.4 Å². The molecule has 1 aliphatic rings. The predicted octanol–water partition coefficient (Wildman–Crippen LogP) is 2.84. The SMILES string of the molecule is CC(C)Cc1ncc2c(n1)CN(C(=O)c1cc(F)cc(C#N)c1)C2. The van der Waals surface area contributed by atoms with Gasteiger partial charge in [0, 0.05) is 30.3 Å². The van der Waals surface area contributed by atoms with Crippen molar-refractivity contribution in [3.63, 3.8) is 0 Å². The van der Waals surface area contributed by atoms with Gasteiger partial charge in [0.15, 0.2) is 0 Å². The fourth-order valence-corrected chi connectivity index (χ4v) is 2.76. The van der Waals surface area contributed by atoms with Crippen molar-refractivity contribution in [1.29, 1.82) is 5.26 Å². The van der Waals surface area contributed by atoms with Crippen LogP contribution in [0.2, 0.25) is 0 Å². The Labute approximate surface area is 139 Å². The first-order valence-electron chi connectivity index (χ1n) is 7.80. The molecule has 0 saturated heterocycles. The molecule has 0 N–H and O–H groups in total. The van der Waals surface area contributed by atoms with Gasteiger partial charge in [-0.3, -0.25) is 4.79 Å². The van der Waals surface area contributed by atoms with Gasteiger partial charge in [-0.25, -0.2) is 14.4 Å². The largest absolute Gasteiger partial charge is 0.328 e. The van der Waals surface area contributed by atoms with Crippen molar-refractivity contribution in [3.8, 4) is 6.07 Å². The van der Waals surface area contributed by atoms with Gasteiger partial charge in [-0.05, 0) is 24.1 Å². The van der Waals surface area contributed by atoms with Crippen molar-refractivity contribution in [2.45, 2.75) is 33.4 Å². The topological polar surface area (TPSA) is 69.9 Å². The van der Waals surface area contributed by atoms with E-state index in [9.17, 15) is 9.18 Å². The molecule has 2 aromatic rings. The van der Waals surface area contributed by atoms with E-state index in [1.54, 1.807) is 11.1 Å². The second kappa shape index (κ2) is 6.36. The van der Waals surface area contributed by atoms with Crippen LogP contribution in [0, 0.1) is 23.1 Å². The molecule has 0 aliphatic carbocycles. The Morgan fingerprint density at radius 2 is 2.17 bits per heavy atom. The average molecular weight is 324 g/mol. The van der Waals surface area contributed by atoms with E-state index in [0.29, 0.717) is 19.0 Å². The minimum absolute atomic E-state index is 0.133. The van der Waals surface area contributed by atoms with Gasteiger partial charge in [0.1, 0.15) is 11.6 Å². The highest BCUT2D eigenvalue weighted by molar-refractivity contribution is 5.94. The molecule has 3 rings (SSSR count). The molecular weight excluding hydrogens is 307 g/mol. The normalized spacial score (nSPS) is 13.0. The van der Waals surface area contributed by atoms with Crippen LogP contribution in [0.25, 0.3) is 0 Å². The quantitative estimate of drug-likeness (QED) is 0.870. The molecule has 6 heteroatoms. The van der Waals surface area contributed by atoms with Gasteiger partial charge in [0.25, 0.3) is 5.91 Å². The van der Waals surface area contributed by atoms with Crippen molar-refractivity contribution in [2.24, 2.45) is 5.92 Å². The molecule has 0 fully saturated rings. The zero-order valence-corrected chi connectivity index (χ0v) is 13.6. The molecule has 5 nitrogen and oxygen atoms in total. The lowest BCUT2D eigenvalue weighted by Crippen LogP contribution is -2.25. The molecule has 0 saturated carbocycles. The molecule has 0 atom stereocenters. The van der Waals surface area contributed by atoms with E-state index in [0.717, 1.165) is 35.6 Å². The van der Waals surface area contributed by atoms with Gasteiger partial charge in [0.05, 0.1) is 23.9 Å². The molecule has 1 amide bonds.